The third-order valence-corrected chi connectivity index (χ3v) is 5.33. The smallest absolute Gasteiger partial charge is 0.194 e. The number of ether oxygens (including phenoxy) is 2. The van der Waals surface area contributed by atoms with Crippen LogP contribution in [0.1, 0.15) is 18.9 Å². The van der Waals surface area contributed by atoms with E-state index in [2.05, 4.69) is 40.4 Å². The van der Waals surface area contributed by atoms with Crippen LogP contribution in [-0.4, -0.2) is 81.3 Å². The Balaban J connectivity index is 1.88. The van der Waals surface area contributed by atoms with Gasteiger partial charge in [-0.15, -0.1) is 0 Å². The Morgan fingerprint density at radius 1 is 1.15 bits per heavy atom. The molecule has 6 nitrogen and oxygen atoms in total. The van der Waals surface area contributed by atoms with Gasteiger partial charge in [-0.1, -0.05) is 6.07 Å². The van der Waals surface area contributed by atoms with E-state index in [1.54, 1.807) is 14.2 Å². The molecule has 27 heavy (non-hydrogen) atoms. The number of hydrogen-bond acceptors (Lipinski definition) is 5. The Morgan fingerprint density at radius 2 is 1.89 bits per heavy atom. The van der Waals surface area contributed by atoms with Gasteiger partial charge < -0.3 is 19.7 Å². The molecule has 0 spiro atoms. The van der Waals surface area contributed by atoms with Crippen molar-refractivity contribution in [2.75, 3.05) is 65.5 Å². The van der Waals surface area contributed by atoms with Crippen LogP contribution in [0.15, 0.2) is 23.2 Å². The van der Waals surface area contributed by atoms with Gasteiger partial charge in [-0.2, -0.15) is 11.8 Å². The van der Waals surface area contributed by atoms with E-state index < -0.39 is 0 Å². The number of aliphatic imine (C=N–C) groups is 1. The topological polar surface area (TPSA) is 49.3 Å². The highest BCUT2D eigenvalue weighted by atomic mass is 32.2. The predicted octanol–water partition coefficient (Wildman–Crippen LogP) is 2.54. The van der Waals surface area contributed by atoms with E-state index >= 15 is 0 Å². The monoisotopic (exact) mass is 394 g/mol. The van der Waals surface area contributed by atoms with Gasteiger partial charge in [-0.3, -0.25) is 9.89 Å². The van der Waals surface area contributed by atoms with Crippen molar-refractivity contribution in [3.05, 3.63) is 23.8 Å². The van der Waals surface area contributed by atoms with Crippen molar-refractivity contribution in [3.8, 4) is 11.5 Å². The first kappa shape index (κ1) is 21.7. The van der Waals surface area contributed by atoms with Gasteiger partial charge >= 0.3 is 0 Å². The van der Waals surface area contributed by atoms with Crippen LogP contribution >= 0.6 is 11.8 Å². The molecule has 0 saturated carbocycles. The van der Waals surface area contributed by atoms with Gasteiger partial charge in [0.25, 0.3) is 0 Å². The summed E-state index contributed by atoms with van der Waals surface area (Å²) in [6.45, 7) is 8.93. The number of benzene rings is 1. The van der Waals surface area contributed by atoms with Crippen molar-refractivity contribution < 1.29 is 9.47 Å². The van der Waals surface area contributed by atoms with E-state index in [0.29, 0.717) is 0 Å². The highest BCUT2D eigenvalue weighted by Crippen LogP contribution is 2.28. The highest BCUT2D eigenvalue weighted by Gasteiger charge is 2.20. The summed E-state index contributed by atoms with van der Waals surface area (Å²) in [5, 5.41) is 3.44. The minimum atomic E-state index is 0.777. The third kappa shape index (κ3) is 6.81. The summed E-state index contributed by atoms with van der Waals surface area (Å²) in [6, 6.07) is 6.17. The molecule has 2 rings (SSSR count). The Labute approximate surface area is 168 Å². The molecule has 152 valence electrons. The number of methoxy groups -OCH3 is 2. The molecular weight excluding hydrogens is 360 g/mol. The Kier molecular flexibility index (Phi) is 9.62. The van der Waals surface area contributed by atoms with Crippen LogP contribution in [-0.2, 0) is 6.54 Å². The largest absolute Gasteiger partial charge is 0.493 e. The molecule has 0 aromatic heterocycles. The lowest BCUT2D eigenvalue weighted by atomic mass is 10.1. The lowest BCUT2D eigenvalue weighted by Crippen LogP contribution is -2.52. The fourth-order valence-electron chi connectivity index (χ4n) is 3.17. The second-order valence-electron chi connectivity index (χ2n) is 6.53. The van der Waals surface area contributed by atoms with Crippen molar-refractivity contribution >= 4 is 17.7 Å². The maximum atomic E-state index is 5.42. The lowest BCUT2D eigenvalue weighted by Gasteiger charge is -2.36. The van der Waals surface area contributed by atoms with Gasteiger partial charge in [-0.05, 0) is 43.0 Å². The van der Waals surface area contributed by atoms with E-state index in [0.717, 1.165) is 69.7 Å². The number of hydrogen-bond donors (Lipinski definition) is 1. The number of piperazine rings is 1. The van der Waals surface area contributed by atoms with E-state index in [4.69, 9.17) is 14.5 Å². The molecule has 0 aliphatic carbocycles. The van der Waals surface area contributed by atoms with E-state index in [1.165, 1.54) is 11.3 Å². The van der Waals surface area contributed by atoms with Gasteiger partial charge in [0.2, 0.25) is 0 Å². The Morgan fingerprint density at radius 3 is 2.52 bits per heavy atom. The summed E-state index contributed by atoms with van der Waals surface area (Å²) in [4.78, 5) is 9.66. The first-order valence-electron chi connectivity index (χ1n) is 9.67. The molecule has 1 N–H and O–H groups in total. The van der Waals surface area contributed by atoms with Crippen LogP contribution in [0.5, 0.6) is 11.5 Å². The number of rotatable bonds is 9. The molecule has 1 aromatic rings. The van der Waals surface area contributed by atoms with Crippen LogP contribution < -0.4 is 14.8 Å². The SMILES string of the molecule is CCNC(=NCCCSC)N1CCN(Cc2ccc(OC)c(OC)c2)CC1. The Bertz CT molecular complexity index is 589. The van der Waals surface area contributed by atoms with Gasteiger partial charge in [-0.25, -0.2) is 0 Å². The summed E-state index contributed by atoms with van der Waals surface area (Å²) in [5.74, 6) is 3.80. The molecule has 0 amide bonds. The quantitative estimate of drug-likeness (QED) is 0.395. The molecule has 0 atom stereocenters. The Hall–Kier alpha value is -1.60. The van der Waals surface area contributed by atoms with Gasteiger partial charge in [0.05, 0.1) is 14.2 Å². The molecule has 1 aliphatic rings. The average molecular weight is 395 g/mol. The molecule has 7 heteroatoms. The molecule has 0 radical (unpaired) electrons. The summed E-state index contributed by atoms with van der Waals surface area (Å²) >= 11 is 1.88. The van der Waals surface area contributed by atoms with Crippen molar-refractivity contribution in [2.45, 2.75) is 19.9 Å². The maximum Gasteiger partial charge on any atom is 0.194 e. The second-order valence-corrected chi connectivity index (χ2v) is 7.52. The van der Waals surface area contributed by atoms with Crippen molar-refractivity contribution in [1.29, 1.82) is 0 Å². The highest BCUT2D eigenvalue weighted by molar-refractivity contribution is 7.98. The predicted molar refractivity (Wildman–Crippen MR) is 115 cm³/mol. The van der Waals surface area contributed by atoms with Crippen molar-refractivity contribution in [3.63, 3.8) is 0 Å². The fraction of sp³-hybridized carbons (Fsp3) is 0.650. The number of nitrogens with one attached hydrogen (secondary N) is 1. The summed E-state index contributed by atoms with van der Waals surface area (Å²) in [5.41, 5.74) is 1.25. The average Bonchev–Trinajstić information content (AvgIpc) is 2.71. The zero-order valence-electron chi connectivity index (χ0n) is 17.2. The van der Waals surface area contributed by atoms with E-state index in [9.17, 15) is 0 Å². The van der Waals surface area contributed by atoms with Crippen LogP contribution in [0.4, 0.5) is 0 Å². The normalized spacial score (nSPS) is 15.7. The lowest BCUT2D eigenvalue weighted by molar-refractivity contribution is 0.172. The van der Waals surface area contributed by atoms with Gasteiger partial charge in [0, 0.05) is 45.8 Å². The number of guanidine groups is 1. The zero-order valence-corrected chi connectivity index (χ0v) is 18.0. The molecule has 1 aliphatic heterocycles. The van der Waals surface area contributed by atoms with Crippen LogP contribution in [0.2, 0.25) is 0 Å². The molecule has 1 saturated heterocycles. The molecule has 0 bridgehead atoms. The second kappa shape index (κ2) is 12.0. The van der Waals surface area contributed by atoms with Crippen molar-refractivity contribution in [1.82, 2.24) is 15.1 Å². The molecular formula is C20H34N4O2S. The minimum absolute atomic E-state index is 0.777. The standard InChI is InChI=1S/C20H34N4O2S/c1-5-21-20(22-9-6-14-27-4)24-12-10-23(11-13-24)16-17-7-8-18(25-2)19(15-17)26-3/h7-8,15H,5-6,9-14,16H2,1-4H3,(H,21,22). The fourth-order valence-corrected chi connectivity index (χ4v) is 3.59. The first-order valence-corrected chi connectivity index (χ1v) is 11.1. The van der Waals surface area contributed by atoms with Crippen LogP contribution in [0, 0.1) is 0 Å². The zero-order chi connectivity index (χ0) is 19.5. The molecule has 1 heterocycles. The van der Waals surface area contributed by atoms with E-state index in [-0.39, 0.29) is 0 Å². The van der Waals surface area contributed by atoms with Crippen LogP contribution in [0.25, 0.3) is 0 Å². The summed E-state index contributed by atoms with van der Waals surface area (Å²) < 4.78 is 10.7. The number of thioether (sulfide) groups is 1. The molecule has 1 fully saturated rings. The van der Waals surface area contributed by atoms with Gasteiger partial charge in [0.1, 0.15) is 0 Å². The first-order chi connectivity index (χ1) is 13.2. The number of nitrogens with zero attached hydrogens (tertiary/aromatic N) is 3. The maximum absolute atomic E-state index is 5.42. The third-order valence-electron chi connectivity index (χ3n) is 4.63. The van der Waals surface area contributed by atoms with Crippen LogP contribution in [0.3, 0.4) is 0 Å². The molecule has 0 unspecified atom stereocenters. The summed E-state index contributed by atoms with van der Waals surface area (Å²) in [6.07, 6.45) is 3.28. The molecule has 1 aromatic carbocycles. The minimum Gasteiger partial charge on any atom is -0.493 e. The van der Waals surface area contributed by atoms with E-state index in [1.807, 2.05) is 17.8 Å². The van der Waals surface area contributed by atoms with Crippen molar-refractivity contribution in [2.24, 2.45) is 4.99 Å². The summed E-state index contributed by atoms with van der Waals surface area (Å²) in [7, 11) is 3.35. The van der Waals surface area contributed by atoms with Gasteiger partial charge in [0.15, 0.2) is 17.5 Å².